The molecule has 15 heteroatoms. The summed E-state index contributed by atoms with van der Waals surface area (Å²) in [5.41, 5.74) is 2.75. The SMILES string of the molecule is CNC(=O)N(CCC=O)c1nn(C)c2cc(C3CCN(C(C)CCc4cc(S(=O)(=O)N5CCC(NC(=O)OC(C)(C)C)CC5)ccc4C#N)CC3)ccc12. The predicted molar refractivity (Wildman–Crippen MR) is 207 cm³/mol. The molecule has 2 saturated heterocycles. The van der Waals surface area contributed by atoms with Crippen molar-refractivity contribution < 1.29 is 27.5 Å². The molecule has 0 radical (unpaired) electrons. The van der Waals surface area contributed by atoms with Gasteiger partial charge < -0.3 is 25.1 Å². The molecular formula is C39H54N8O6S. The second-order valence-electron chi connectivity index (χ2n) is 15.3. The standard InChI is InChI=1S/C39H54N8O6S/c1-27(45-19-14-28(15-20-45)30-11-13-34-35(25-30)44(6)43-36(34)47(18-7-23-48)37(49)41-5)8-9-29-24-33(12-10-31(29)26-40)54(51,52)46-21-16-32(17-22-46)42-38(50)53-39(2,3)4/h10-13,23-25,27-28,32H,7-9,14-22H2,1-6H3,(H,41,49)(H,42,50). The largest absolute Gasteiger partial charge is 0.444 e. The molecule has 0 bridgehead atoms. The molecule has 292 valence electrons. The van der Waals surface area contributed by atoms with E-state index in [1.807, 2.05) is 13.1 Å². The van der Waals surface area contributed by atoms with E-state index in [4.69, 9.17) is 4.74 Å². The summed E-state index contributed by atoms with van der Waals surface area (Å²) in [7, 11) is -0.358. The molecule has 3 amide bonds. The van der Waals surface area contributed by atoms with E-state index in [2.05, 4.69) is 45.8 Å². The lowest BCUT2D eigenvalue weighted by atomic mass is 9.88. The molecule has 5 rings (SSSR count). The molecule has 1 atom stereocenters. The Labute approximate surface area is 318 Å². The number of alkyl carbamates (subject to hydrolysis) is 1. The number of nitriles is 1. The Bertz CT molecular complexity index is 1970. The number of nitrogens with one attached hydrogen (secondary N) is 2. The molecule has 2 aliphatic rings. The fraction of sp³-hybridized carbons (Fsp3) is 0.564. The number of hydrogen-bond donors (Lipinski definition) is 2. The topological polar surface area (TPSA) is 170 Å². The molecule has 3 heterocycles. The van der Waals surface area contributed by atoms with Crippen LogP contribution >= 0.6 is 0 Å². The van der Waals surface area contributed by atoms with Gasteiger partial charge in [-0.1, -0.05) is 6.07 Å². The Morgan fingerprint density at radius 1 is 1.09 bits per heavy atom. The molecule has 0 aliphatic carbocycles. The zero-order valence-corrected chi connectivity index (χ0v) is 33.1. The number of hydrogen-bond acceptors (Lipinski definition) is 9. The minimum absolute atomic E-state index is 0.166. The van der Waals surface area contributed by atoms with Crippen LogP contribution in [0, 0.1) is 11.3 Å². The highest BCUT2D eigenvalue weighted by Gasteiger charge is 2.32. The van der Waals surface area contributed by atoms with Crippen molar-refractivity contribution in [1.29, 1.82) is 5.26 Å². The Balaban J connectivity index is 1.17. The van der Waals surface area contributed by atoms with Crippen LogP contribution in [-0.4, -0.2) is 103 Å². The Hall–Kier alpha value is -4.52. The van der Waals surface area contributed by atoms with Gasteiger partial charge in [0.1, 0.15) is 11.9 Å². The summed E-state index contributed by atoms with van der Waals surface area (Å²) in [5.74, 6) is 0.896. The number of ether oxygens (including phenoxy) is 1. The van der Waals surface area contributed by atoms with Gasteiger partial charge in [-0.05, 0) is 127 Å². The van der Waals surface area contributed by atoms with Crippen LogP contribution in [0.15, 0.2) is 41.3 Å². The van der Waals surface area contributed by atoms with Gasteiger partial charge in [0, 0.05) is 57.6 Å². The summed E-state index contributed by atoms with van der Waals surface area (Å²) >= 11 is 0. The van der Waals surface area contributed by atoms with Crippen LogP contribution in [0.2, 0.25) is 0 Å². The fourth-order valence-electron chi connectivity index (χ4n) is 7.46. The zero-order chi connectivity index (χ0) is 39.2. The highest BCUT2D eigenvalue weighted by Crippen LogP contribution is 2.34. The second kappa shape index (κ2) is 17.3. The second-order valence-corrected chi connectivity index (χ2v) is 17.3. The van der Waals surface area contributed by atoms with Crippen molar-refractivity contribution in [3.63, 3.8) is 0 Å². The van der Waals surface area contributed by atoms with Crippen molar-refractivity contribution in [1.82, 2.24) is 29.6 Å². The first kappa shape index (κ1) is 40.7. The first-order valence-electron chi connectivity index (χ1n) is 18.8. The highest BCUT2D eigenvalue weighted by molar-refractivity contribution is 7.89. The number of piperidine rings is 2. The number of carbonyl (C=O) groups is 3. The van der Waals surface area contributed by atoms with E-state index in [0.29, 0.717) is 36.6 Å². The van der Waals surface area contributed by atoms with Crippen molar-refractivity contribution in [2.45, 2.75) is 101 Å². The van der Waals surface area contributed by atoms with Gasteiger partial charge in [0.2, 0.25) is 10.0 Å². The van der Waals surface area contributed by atoms with E-state index in [1.165, 1.54) is 20.8 Å². The fourth-order valence-corrected chi connectivity index (χ4v) is 8.98. The van der Waals surface area contributed by atoms with Gasteiger partial charge in [-0.2, -0.15) is 14.7 Å². The van der Waals surface area contributed by atoms with Crippen LogP contribution in [0.25, 0.3) is 10.9 Å². The third-order valence-corrected chi connectivity index (χ3v) is 12.4. The van der Waals surface area contributed by atoms with Crippen LogP contribution in [0.1, 0.15) is 88.8 Å². The van der Waals surface area contributed by atoms with Gasteiger partial charge in [0.15, 0.2) is 5.82 Å². The molecule has 14 nitrogen and oxygen atoms in total. The molecular weight excluding hydrogens is 709 g/mol. The average molecular weight is 763 g/mol. The van der Waals surface area contributed by atoms with E-state index in [-0.39, 0.29) is 49.1 Å². The number of sulfonamides is 1. The number of fused-ring (bicyclic) bond motifs is 1. The van der Waals surface area contributed by atoms with Gasteiger partial charge >= 0.3 is 12.1 Å². The molecule has 2 aliphatic heterocycles. The number of likely N-dealkylation sites (tertiary alicyclic amines) is 1. The molecule has 2 N–H and O–H groups in total. The molecule has 3 aromatic rings. The van der Waals surface area contributed by atoms with Gasteiger partial charge in [-0.15, -0.1) is 0 Å². The molecule has 1 aromatic heterocycles. The molecule has 54 heavy (non-hydrogen) atoms. The van der Waals surface area contributed by atoms with Gasteiger partial charge in [0.05, 0.1) is 22.0 Å². The third-order valence-electron chi connectivity index (χ3n) is 10.5. The molecule has 2 fully saturated rings. The average Bonchev–Trinajstić information content (AvgIpc) is 3.47. The summed E-state index contributed by atoms with van der Waals surface area (Å²) < 4.78 is 35.9. The Kier molecular flexibility index (Phi) is 13.0. The maximum Gasteiger partial charge on any atom is 0.407 e. The van der Waals surface area contributed by atoms with E-state index in [0.717, 1.165) is 55.1 Å². The minimum Gasteiger partial charge on any atom is -0.444 e. The van der Waals surface area contributed by atoms with Gasteiger partial charge in [0.25, 0.3) is 0 Å². The maximum absolute atomic E-state index is 13.7. The Morgan fingerprint density at radius 2 is 1.80 bits per heavy atom. The van der Waals surface area contributed by atoms with Gasteiger partial charge in [-0.3, -0.25) is 9.58 Å². The predicted octanol–water partition coefficient (Wildman–Crippen LogP) is 5.06. The summed E-state index contributed by atoms with van der Waals surface area (Å²) in [4.78, 5) is 40.0. The van der Waals surface area contributed by atoms with E-state index in [1.54, 1.807) is 44.6 Å². The molecule has 0 saturated carbocycles. The Morgan fingerprint density at radius 3 is 2.43 bits per heavy atom. The summed E-state index contributed by atoms with van der Waals surface area (Å²) in [5, 5.41) is 20.8. The molecule has 2 aromatic carbocycles. The summed E-state index contributed by atoms with van der Waals surface area (Å²) in [6.07, 6.45) is 4.78. The van der Waals surface area contributed by atoms with Crippen molar-refractivity contribution >= 4 is 45.2 Å². The van der Waals surface area contributed by atoms with Crippen LogP contribution in [0.3, 0.4) is 0 Å². The lowest BCUT2D eigenvalue weighted by Gasteiger charge is -2.36. The third kappa shape index (κ3) is 9.58. The number of urea groups is 1. The minimum atomic E-state index is -3.78. The first-order valence-corrected chi connectivity index (χ1v) is 20.3. The number of benzene rings is 2. The number of nitrogens with zero attached hydrogens (tertiary/aromatic N) is 6. The summed E-state index contributed by atoms with van der Waals surface area (Å²) in [6, 6.07) is 13.1. The van der Waals surface area contributed by atoms with E-state index >= 15 is 0 Å². The maximum atomic E-state index is 13.7. The number of aldehydes is 1. The zero-order valence-electron chi connectivity index (χ0n) is 32.3. The van der Waals surface area contributed by atoms with Crippen LogP contribution in [0.4, 0.5) is 15.4 Å². The van der Waals surface area contributed by atoms with Crippen LogP contribution in [-0.2, 0) is 33.0 Å². The van der Waals surface area contributed by atoms with Crippen LogP contribution < -0.4 is 15.5 Å². The molecule has 0 spiro atoms. The van der Waals surface area contributed by atoms with E-state index in [9.17, 15) is 28.1 Å². The number of amides is 3. The first-order chi connectivity index (χ1) is 25.6. The van der Waals surface area contributed by atoms with Crippen molar-refractivity contribution in [2.75, 3.05) is 44.7 Å². The monoisotopic (exact) mass is 762 g/mol. The van der Waals surface area contributed by atoms with Crippen molar-refractivity contribution in [2.24, 2.45) is 7.05 Å². The number of aromatic nitrogens is 2. The number of carbonyl (C=O) groups excluding carboxylic acids is 3. The number of rotatable bonds is 12. The van der Waals surface area contributed by atoms with Crippen molar-refractivity contribution in [3.8, 4) is 6.07 Å². The normalized spacial score (nSPS) is 17.1. The van der Waals surface area contributed by atoms with Crippen LogP contribution in [0.5, 0.6) is 0 Å². The number of aryl methyl sites for hydroxylation is 2. The summed E-state index contributed by atoms with van der Waals surface area (Å²) in [6.45, 7) is 10.2. The van der Waals surface area contributed by atoms with Gasteiger partial charge in [-0.25, -0.2) is 18.0 Å². The lowest BCUT2D eigenvalue weighted by molar-refractivity contribution is -0.107. The smallest absolute Gasteiger partial charge is 0.407 e. The number of anilines is 1. The lowest BCUT2D eigenvalue weighted by Crippen LogP contribution is -2.47. The molecule has 1 unspecified atom stereocenters. The highest BCUT2D eigenvalue weighted by atomic mass is 32.2. The quantitative estimate of drug-likeness (QED) is 0.240. The van der Waals surface area contributed by atoms with Crippen molar-refractivity contribution in [3.05, 3.63) is 53.1 Å². The van der Waals surface area contributed by atoms with E-state index < -0.39 is 21.7 Å².